The third kappa shape index (κ3) is 1.61. The number of hydrogen-bond donors (Lipinski definition) is 0. The van der Waals surface area contributed by atoms with Crippen molar-refractivity contribution in [2.24, 2.45) is 0 Å². The Morgan fingerprint density at radius 1 is 1.50 bits per heavy atom. The zero-order valence-corrected chi connectivity index (χ0v) is 8.21. The van der Waals surface area contributed by atoms with Crippen molar-refractivity contribution in [3.63, 3.8) is 0 Å². The van der Waals surface area contributed by atoms with E-state index in [0.717, 1.165) is 23.2 Å². The fourth-order valence-electron chi connectivity index (χ4n) is 1.49. The Balaban J connectivity index is 2.52. The molecule has 0 fully saturated rings. The lowest BCUT2D eigenvalue weighted by atomic mass is 10.1. The smallest absolute Gasteiger partial charge is 0.189 e. The van der Waals surface area contributed by atoms with E-state index < -0.39 is 0 Å². The van der Waals surface area contributed by atoms with Crippen LogP contribution in [0.5, 0.6) is 5.75 Å². The van der Waals surface area contributed by atoms with Crippen LogP contribution in [0.25, 0.3) is 0 Å². The second-order valence-electron chi connectivity index (χ2n) is 3.03. The van der Waals surface area contributed by atoms with Gasteiger partial charge < -0.3 is 9.47 Å². The number of ether oxygens (including phenoxy) is 2. The molecule has 14 heavy (non-hydrogen) atoms. The number of rotatable bonds is 2. The lowest BCUT2D eigenvalue weighted by Gasteiger charge is -2.20. The van der Waals surface area contributed by atoms with E-state index in [1.54, 1.807) is 12.1 Å². The number of benzene rings is 1. The Bertz CT molecular complexity index is 345. The molecule has 0 saturated carbocycles. The third-order valence-electron chi connectivity index (χ3n) is 2.09. The maximum Gasteiger partial charge on any atom is 0.189 e. The molecule has 0 unspecified atom stereocenters. The van der Waals surface area contributed by atoms with E-state index in [4.69, 9.17) is 21.1 Å². The van der Waals surface area contributed by atoms with Crippen LogP contribution in [0.3, 0.4) is 0 Å². The first kappa shape index (κ1) is 9.49. The number of fused-ring (bicyclic) bond motifs is 1. The molecule has 0 amide bonds. The Hall–Kier alpha value is -1.06. The first-order valence-electron chi connectivity index (χ1n) is 4.22. The summed E-state index contributed by atoms with van der Waals surface area (Å²) in [5.74, 6) is 1.10. The topological polar surface area (TPSA) is 35.5 Å². The summed E-state index contributed by atoms with van der Waals surface area (Å²) in [5.41, 5.74) is 2.33. The highest BCUT2D eigenvalue weighted by Crippen LogP contribution is 2.30. The SMILES string of the molecule is O=Cc1cc(CCl)c2c(c1)COCO2. The van der Waals surface area contributed by atoms with Gasteiger partial charge in [0.15, 0.2) is 6.79 Å². The molecule has 1 aliphatic rings. The van der Waals surface area contributed by atoms with Crippen LogP contribution in [0.1, 0.15) is 21.5 Å². The molecule has 0 aliphatic carbocycles. The third-order valence-corrected chi connectivity index (χ3v) is 2.38. The molecule has 2 rings (SSSR count). The molecule has 1 aromatic rings. The highest BCUT2D eigenvalue weighted by atomic mass is 35.5. The van der Waals surface area contributed by atoms with Crippen LogP contribution in [0.15, 0.2) is 12.1 Å². The molecule has 0 N–H and O–H groups in total. The largest absolute Gasteiger partial charge is 0.467 e. The van der Waals surface area contributed by atoms with Crippen LogP contribution in [-0.4, -0.2) is 13.1 Å². The summed E-state index contributed by atoms with van der Waals surface area (Å²) >= 11 is 5.76. The highest BCUT2D eigenvalue weighted by Gasteiger charge is 2.15. The molecule has 0 saturated heterocycles. The molecule has 0 bridgehead atoms. The van der Waals surface area contributed by atoms with Gasteiger partial charge in [0, 0.05) is 16.7 Å². The van der Waals surface area contributed by atoms with Crippen LogP contribution in [0, 0.1) is 0 Å². The molecule has 74 valence electrons. The average Bonchev–Trinajstić information content (AvgIpc) is 2.27. The van der Waals surface area contributed by atoms with Gasteiger partial charge in [-0.05, 0) is 12.1 Å². The summed E-state index contributed by atoms with van der Waals surface area (Å²) in [6.07, 6.45) is 0.797. The summed E-state index contributed by atoms with van der Waals surface area (Å²) in [7, 11) is 0. The van der Waals surface area contributed by atoms with Crippen molar-refractivity contribution in [2.45, 2.75) is 12.5 Å². The van der Waals surface area contributed by atoms with Gasteiger partial charge in [0.2, 0.25) is 0 Å². The molecule has 1 aliphatic heterocycles. The van der Waals surface area contributed by atoms with Crippen molar-refractivity contribution in [3.05, 3.63) is 28.8 Å². The van der Waals surface area contributed by atoms with Crippen LogP contribution in [-0.2, 0) is 17.2 Å². The van der Waals surface area contributed by atoms with Gasteiger partial charge >= 0.3 is 0 Å². The lowest BCUT2D eigenvalue weighted by molar-refractivity contribution is -0.0169. The fraction of sp³-hybridized carbons (Fsp3) is 0.300. The Kier molecular flexibility index (Phi) is 2.70. The van der Waals surface area contributed by atoms with E-state index in [-0.39, 0.29) is 6.79 Å². The number of hydrogen-bond acceptors (Lipinski definition) is 3. The first-order valence-corrected chi connectivity index (χ1v) is 4.76. The van der Waals surface area contributed by atoms with Crippen LogP contribution >= 0.6 is 11.6 Å². The van der Waals surface area contributed by atoms with E-state index in [9.17, 15) is 4.79 Å². The predicted octanol–water partition coefficient (Wildman–Crippen LogP) is 2.10. The average molecular weight is 213 g/mol. The summed E-state index contributed by atoms with van der Waals surface area (Å²) < 4.78 is 10.4. The van der Waals surface area contributed by atoms with E-state index >= 15 is 0 Å². The Morgan fingerprint density at radius 3 is 3.07 bits per heavy atom. The van der Waals surface area contributed by atoms with Gasteiger partial charge in [0.25, 0.3) is 0 Å². The number of aldehydes is 1. The van der Waals surface area contributed by atoms with Gasteiger partial charge in [-0.2, -0.15) is 0 Å². The zero-order valence-electron chi connectivity index (χ0n) is 7.46. The van der Waals surface area contributed by atoms with Crippen molar-refractivity contribution >= 4 is 17.9 Å². The minimum absolute atomic E-state index is 0.247. The van der Waals surface area contributed by atoms with Crippen molar-refractivity contribution < 1.29 is 14.3 Å². The summed E-state index contributed by atoms with van der Waals surface area (Å²) in [6.45, 7) is 0.720. The lowest BCUT2D eigenvalue weighted by Crippen LogP contribution is -2.13. The van der Waals surface area contributed by atoms with E-state index in [1.165, 1.54) is 0 Å². The summed E-state index contributed by atoms with van der Waals surface area (Å²) in [6, 6.07) is 3.50. The quantitative estimate of drug-likeness (QED) is 0.556. The van der Waals surface area contributed by atoms with Crippen molar-refractivity contribution in [2.75, 3.05) is 6.79 Å². The molecule has 1 aromatic carbocycles. The van der Waals surface area contributed by atoms with E-state index in [2.05, 4.69) is 0 Å². The van der Waals surface area contributed by atoms with Gasteiger partial charge in [0.05, 0.1) is 12.5 Å². The Morgan fingerprint density at radius 2 is 2.36 bits per heavy atom. The Labute approximate surface area is 86.6 Å². The molecule has 4 heteroatoms. The second-order valence-corrected chi connectivity index (χ2v) is 3.30. The zero-order chi connectivity index (χ0) is 9.97. The predicted molar refractivity (Wildman–Crippen MR) is 51.7 cm³/mol. The molecule has 3 nitrogen and oxygen atoms in total. The van der Waals surface area contributed by atoms with Gasteiger partial charge in [-0.25, -0.2) is 0 Å². The summed E-state index contributed by atoms with van der Waals surface area (Å²) in [5, 5.41) is 0. The molecular weight excluding hydrogens is 204 g/mol. The van der Waals surface area contributed by atoms with Gasteiger partial charge in [0.1, 0.15) is 12.0 Å². The summed E-state index contributed by atoms with van der Waals surface area (Å²) in [4.78, 5) is 10.6. The van der Waals surface area contributed by atoms with Gasteiger partial charge in [-0.1, -0.05) is 0 Å². The minimum atomic E-state index is 0.247. The molecule has 0 radical (unpaired) electrons. The maximum absolute atomic E-state index is 10.6. The van der Waals surface area contributed by atoms with Crippen molar-refractivity contribution in [3.8, 4) is 5.75 Å². The van der Waals surface area contributed by atoms with E-state index in [1.807, 2.05) is 0 Å². The second kappa shape index (κ2) is 3.98. The molecular formula is C10H9ClO3. The number of carbonyl (C=O) groups is 1. The normalized spacial score (nSPS) is 14.4. The van der Waals surface area contributed by atoms with E-state index in [0.29, 0.717) is 18.1 Å². The molecule has 1 heterocycles. The fourth-order valence-corrected chi connectivity index (χ4v) is 1.69. The van der Waals surface area contributed by atoms with Crippen molar-refractivity contribution in [1.29, 1.82) is 0 Å². The standard InChI is InChI=1S/C10H9ClO3/c11-3-8-1-7(4-12)2-9-5-13-6-14-10(8)9/h1-2,4H,3,5-6H2. The molecule has 0 aromatic heterocycles. The number of halogens is 1. The van der Waals surface area contributed by atoms with Gasteiger partial charge in [-0.3, -0.25) is 4.79 Å². The molecule has 0 atom stereocenters. The first-order chi connectivity index (χ1) is 6.85. The minimum Gasteiger partial charge on any atom is -0.467 e. The van der Waals surface area contributed by atoms with Gasteiger partial charge in [-0.15, -0.1) is 11.6 Å². The van der Waals surface area contributed by atoms with Crippen LogP contribution < -0.4 is 4.74 Å². The van der Waals surface area contributed by atoms with Crippen LogP contribution in [0.4, 0.5) is 0 Å². The van der Waals surface area contributed by atoms with Crippen molar-refractivity contribution in [1.82, 2.24) is 0 Å². The molecule has 0 spiro atoms. The highest BCUT2D eigenvalue weighted by molar-refractivity contribution is 6.17. The van der Waals surface area contributed by atoms with Crippen LogP contribution in [0.2, 0.25) is 0 Å². The number of alkyl halides is 1. The maximum atomic E-state index is 10.6. The monoisotopic (exact) mass is 212 g/mol. The number of carbonyl (C=O) groups excluding carboxylic acids is 1.